The van der Waals surface area contributed by atoms with Gasteiger partial charge < -0.3 is 5.32 Å². The van der Waals surface area contributed by atoms with E-state index in [4.69, 9.17) is 4.99 Å². The summed E-state index contributed by atoms with van der Waals surface area (Å²) in [4.78, 5) is 12.7. The molecule has 34 heavy (non-hydrogen) atoms. The Morgan fingerprint density at radius 2 is 1.82 bits per heavy atom. The molecule has 2 rings (SSSR count). The molecule has 0 amide bonds. The van der Waals surface area contributed by atoms with Crippen molar-refractivity contribution in [3.05, 3.63) is 114 Å². The number of aliphatic imine (C=N–C) groups is 3. The maximum atomic E-state index is 13.9. The van der Waals surface area contributed by atoms with Gasteiger partial charge in [-0.15, -0.1) is 0 Å². The summed E-state index contributed by atoms with van der Waals surface area (Å²) in [5.74, 6) is -1.48. The van der Waals surface area contributed by atoms with E-state index in [1.54, 1.807) is 12.3 Å². The molecule has 1 N–H and O–H groups in total. The molecule has 0 saturated heterocycles. The van der Waals surface area contributed by atoms with Gasteiger partial charge in [-0.2, -0.15) is 0 Å². The molecule has 6 heteroatoms. The lowest BCUT2D eigenvalue weighted by Gasteiger charge is -2.15. The van der Waals surface area contributed by atoms with Crippen LogP contribution in [0, 0.1) is 11.6 Å². The van der Waals surface area contributed by atoms with Gasteiger partial charge in [-0.1, -0.05) is 49.1 Å². The fourth-order valence-electron chi connectivity index (χ4n) is 3.01. The van der Waals surface area contributed by atoms with E-state index in [1.807, 2.05) is 62.4 Å². The van der Waals surface area contributed by atoms with Gasteiger partial charge in [-0.05, 0) is 68.3 Å². The van der Waals surface area contributed by atoms with Crippen molar-refractivity contribution in [2.45, 2.75) is 13.8 Å². The van der Waals surface area contributed by atoms with Gasteiger partial charge in [0.1, 0.15) is 5.84 Å². The molecule has 0 saturated carbocycles. The highest BCUT2D eigenvalue weighted by Crippen LogP contribution is 2.27. The average molecular weight is 459 g/mol. The van der Waals surface area contributed by atoms with Crippen molar-refractivity contribution in [1.82, 2.24) is 0 Å². The van der Waals surface area contributed by atoms with Gasteiger partial charge in [0.15, 0.2) is 11.6 Å². The van der Waals surface area contributed by atoms with Gasteiger partial charge in [-0.3, -0.25) is 15.0 Å². The smallest absolute Gasteiger partial charge is 0.160 e. The van der Waals surface area contributed by atoms with E-state index in [0.29, 0.717) is 29.3 Å². The van der Waals surface area contributed by atoms with Crippen LogP contribution >= 0.6 is 0 Å². The Morgan fingerprint density at radius 1 is 1.03 bits per heavy atom. The molecule has 0 aliphatic heterocycles. The van der Waals surface area contributed by atoms with Crippen LogP contribution in [-0.4, -0.2) is 25.8 Å². The maximum Gasteiger partial charge on any atom is 0.160 e. The van der Waals surface area contributed by atoms with E-state index in [-0.39, 0.29) is 0 Å². The lowest BCUT2D eigenvalue weighted by molar-refractivity contribution is 0.509. The van der Waals surface area contributed by atoms with E-state index in [0.717, 1.165) is 28.8 Å². The van der Waals surface area contributed by atoms with Gasteiger partial charge in [0.05, 0.1) is 12.2 Å². The number of hydrogen-bond acceptors (Lipinski definition) is 3. The summed E-state index contributed by atoms with van der Waals surface area (Å²) in [6, 6.07) is 9.16. The number of amidine groups is 1. The molecule has 4 nitrogen and oxygen atoms in total. The first-order valence-electron chi connectivity index (χ1n) is 10.6. The van der Waals surface area contributed by atoms with E-state index < -0.39 is 11.6 Å². The van der Waals surface area contributed by atoms with Crippen LogP contribution in [0.4, 0.5) is 20.2 Å². The van der Waals surface area contributed by atoms with Crippen LogP contribution in [0.3, 0.4) is 0 Å². The van der Waals surface area contributed by atoms with E-state index >= 15 is 0 Å². The van der Waals surface area contributed by atoms with Crippen molar-refractivity contribution in [3.63, 3.8) is 0 Å². The van der Waals surface area contributed by atoms with E-state index in [2.05, 4.69) is 35.3 Å². The fourth-order valence-corrected chi connectivity index (χ4v) is 3.01. The Bertz CT molecular complexity index is 1200. The SMILES string of the molecule is C=C/C(=C\C=C/C)CN=C(Nc1ccc(F)c(F)c1)c1cc(C(/C=C\C)=C/N=C)ccc1N=C. The zero-order chi connectivity index (χ0) is 24.9. The molecule has 0 spiro atoms. The van der Waals surface area contributed by atoms with Crippen LogP contribution in [0.5, 0.6) is 0 Å². The van der Waals surface area contributed by atoms with Crippen molar-refractivity contribution in [2.75, 3.05) is 11.9 Å². The summed E-state index contributed by atoms with van der Waals surface area (Å²) >= 11 is 0. The Morgan fingerprint density at radius 3 is 2.44 bits per heavy atom. The number of rotatable bonds is 10. The number of nitrogens with one attached hydrogen (secondary N) is 1. The highest BCUT2D eigenvalue weighted by Gasteiger charge is 2.13. The fraction of sp³-hybridized carbons (Fsp3) is 0.107. The first-order valence-corrected chi connectivity index (χ1v) is 10.6. The Kier molecular flexibility index (Phi) is 10.3. The average Bonchev–Trinajstić information content (AvgIpc) is 2.85. The highest BCUT2D eigenvalue weighted by molar-refractivity contribution is 6.12. The van der Waals surface area contributed by atoms with Gasteiger partial charge in [0, 0.05) is 23.5 Å². The second-order valence-corrected chi connectivity index (χ2v) is 7.05. The predicted molar refractivity (Wildman–Crippen MR) is 142 cm³/mol. The molecule has 0 aliphatic rings. The molecule has 0 heterocycles. The van der Waals surface area contributed by atoms with E-state index in [1.165, 1.54) is 6.07 Å². The number of anilines is 1. The van der Waals surface area contributed by atoms with Crippen LogP contribution in [0.1, 0.15) is 25.0 Å². The molecule has 0 bridgehead atoms. The van der Waals surface area contributed by atoms with Crippen LogP contribution in [-0.2, 0) is 0 Å². The minimum atomic E-state index is -0.963. The molecule has 2 aromatic carbocycles. The third-order valence-corrected chi connectivity index (χ3v) is 4.70. The van der Waals surface area contributed by atoms with Crippen molar-refractivity contribution in [1.29, 1.82) is 0 Å². The molecule has 174 valence electrons. The van der Waals surface area contributed by atoms with Gasteiger partial charge in [-0.25, -0.2) is 8.78 Å². The van der Waals surface area contributed by atoms with Crippen molar-refractivity contribution in [3.8, 4) is 0 Å². The number of allylic oxidation sites excluding steroid dienone is 6. The zero-order valence-corrected chi connectivity index (χ0v) is 19.4. The number of halogens is 2. The first-order chi connectivity index (χ1) is 16.5. The van der Waals surface area contributed by atoms with Crippen LogP contribution in [0.25, 0.3) is 5.57 Å². The zero-order valence-electron chi connectivity index (χ0n) is 19.4. The summed E-state index contributed by atoms with van der Waals surface area (Å²) in [6.07, 6.45) is 12.9. The van der Waals surface area contributed by atoms with Gasteiger partial charge >= 0.3 is 0 Å². The molecular weight excluding hydrogens is 430 g/mol. The standard InChI is InChI=1S/C28H28F2N4/c1-6-9-11-20(8-3)18-33-28(34-23-13-14-25(29)26(30)17-23)24-16-21(12-15-27(24)32-5)22(10-7-2)19-31-4/h6-17,19H,3-5,18H2,1-2H3,(H,33,34)/b9-6-,10-7-,20-11+,22-19+. The molecule has 0 fully saturated rings. The van der Waals surface area contributed by atoms with Crippen LogP contribution in [0.2, 0.25) is 0 Å². The largest absolute Gasteiger partial charge is 0.340 e. The van der Waals surface area contributed by atoms with Crippen LogP contribution in [0.15, 0.2) is 106 Å². The Labute approximate surface area is 199 Å². The quantitative estimate of drug-likeness (QED) is 0.224. The molecule has 0 aliphatic carbocycles. The molecular formula is C28H28F2N4. The van der Waals surface area contributed by atoms with Crippen molar-refractivity contribution in [2.24, 2.45) is 15.0 Å². The summed E-state index contributed by atoms with van der Waals surface area (Å²) in [5, 5.41) is 3.11. The second-order valence-electron chi connectivity index (χ2n) is 7.05. The minimum Gasteiger partial charge on any atom is -0.340 e. The highest BCUT2D eigenvalue weighted by atomic mass is 19.2. The molecule has 0 unspecified atom stereocenters. The molecule has 0 atom stereocenters. The third-order valence-electron chi connectivity index (χ3n) is 4.70. The Balaban J connectivity index is 2.67. The minimum absolute atomic E-state index is 0.298. The van der Waals surface area contributed by atoms with Crippen molar-refractivity contribution >= 4 is 36.2 Å². The van der Waals surface area contributed by atoms with Gasteiger partial charge in [0.2, 0.25) is 0 Å². The van der Waals surface area contributed by atoms with Gasteiger partial charge in [0.25, 0.3) is 0 Å². The van der Waals surface area contributed by atoms with E-state index in [9.17, 15) is 8.78 Å². The molecule has 2 aromatic rings. The van der Waals surface area contributed by atoms with Crippen LogP contribution < -0.4 is 5.32 Å². The topological polar surface area (TPSA) is 49.1 Å². The van der Waals surface area contributed by atoms with Crippen molar-refractivity contribution < 1.29 is 8.78 Å². The monoisotopic (exact) mass is 458 g/mol. The first kappa shape index (κ1) is 26.1. The summed E-state index contributed by atoms with van der Waals surface area (Å²) in [5.41, 5.74) is 4.10. The molecule has 0 radical (unpaired) electrons. The lowest BCUT2D eigenvalue weighted by Crippen LogP contribution is -2.16. The maximum absolute atomic E-state index is 13.9. The lowest BCUT2D eigenvalue weighted by atomic mass is 10.0. The summed E-state index contributed by atoms with van der Waals surface area (Å²) in [6.45, 7) is 15.2. The predicted octanol–water partition coefficient (Wildman–Crippen LogP) is 7.46. The number of hydrogen-bond donors (Lipinski definition) is 1. The normalized spacial score (nSPS) is 12.9. The summed E-state index contributed by atoms with van der Waals surface area (Å²) < 4.78 is 27.4. The second kappa shape index (κ2) is 13.4. The third kappa shape index (κ3) is 7.17. The number of nitrogens with zero attached hydrogens (tertiary/aromatic N) is 3. The Hall–Kier alpha value is -4.19. The molecule has 0 aromatic heterocycles. The summed E-state index contributed by atoms with van der Waals surface area (Å²) in [7, 11) is 0. The number of benzene rings is 2.